The van der Waals surface area contributed by atoms with Crippen LogP contribution in [0.25, 0.3) is 10.4 Å². The number of aromatic nitrogens is 1. The van der Waals surface area contributed by atoms with Crippen LogP contribution in [-0.4, -0.2) is 4.98 Å². The van der Waals surface area contributed by atoms with Crippen molar-refractivity contribution in [2.75, 3.05) is 0 Å². The highest BCUT2D eigenvalue weighted by atomic mass is 15.2. The normalized spacial score (nSPS) is 10.7. The minimum Gasteiger partial charge on any atom is -0.265 e. The topological polar surface area (TPSA) is 61.7 Å². The first kappa shape index (κ1) is 13.9. The molecule has 1 aromatic heterocycles. The molecular weight excluding hydrogens is 272 g/mol. The summed E-state index contributed by atoms with van der Waals surface area (Å²) in [6.07, 6.45) is 3.42. The number of azide groups is 1. The third-order valence-corrected chi connectivity index (χ3v) is 3.68. The number of pyridine rings is 1. The van der Waals surface area contributed by atoms with Crippen molar-refractivity contribution < 1.29 is 0 Å². The lowest BCUT2D eigenvalue weighted by molar-refractivity contribution is 0.646. The fraction of sp³-hybridized carbons (Fsp3) is 0.0556. The van der Waals surface area contributed by atoms with E-state index in [0.29, 0.717) is 0 Å². The minimum absolute atomic E-state index is 0.887. The molecule has 0 bridgehead atoms. The van der Waals surface area contributed by atoms with Gasteiger partial charge in [0.05, 0.1) is 0 Å². The van der Waals surface area contributed by atoms with E-state index < -0.39 is 5.54 Å². The Balaban J connectivity index is 2.37. The zero-order chi connectivity index (χ0) is 15.3. The first-order valence-electron chi connectivity index (χ1n) is 6.96. The molecule has 0 spiro atoms. The van der Waals surface area contributed by atoms with Gasteiger partial charge in [-0.05, 0) is 34.4 Å². The van der Waals surface area contributed by atoms with Crippen LogP contribution in [0.1, 0.15) is 16.7 Å². The van der Waals surface area contributed by atoms with Crippen molar-refractivity contribution in [2.45, 2.75) is 5.54 Å². The predicted octanol–water partition coefficient (Wildman–Crippen LogP) is 4.68. The van der Waals surface area contributed by atoms with E-state index in [4.69, 9.17) is 0 Å². The molecule has 0 saturated heterocycles. The molecule has 4 nitrogen and oxygen atoms in total. The van der Waals surface area contributed by atoms with Gasteiger partial charge in [-0.3, -0.25) is 4.98 Å². The highest BCUT2D eigenvalue weighted by Gasteiger charge is 2.35. The van der Waals surface area contributed by atoms with Crippen molar-refractivity contribution >= 4 is 0 Å². The second-order valence-electron chi connectivity index (χ2n) is 4.87. The molecule has 2 aromatic carbocycles. The van der Waals surface area contributed by atoms with Crippen LogP contribution in [0.5, 0.6) is 0 Å². The van der Waals surface area contributed by atoms with Gasteiger partial charge in [0.15, 0.2) is 0 Å². The van der Waals surface area contributed by atoms with E-state index in [1.54, 1.807) is 12.4 Å². The van der Waals surface area contributed by atoms with Gasteiger partial charge >= 0.3 is 0 Å². The van der Waals surface area contributed by atoms with E-state index in [0.717, 1.165) is 16.7 Å². The maximum Gasteiger partial charge on any atom is 0.124 e. The molecule has 0 fully saturated rings. The van der Waals surface area contributed by atoms with E-state index in [2.05, 4.69) is 15.0 Å². The van der Waals surface area contributed by atoms with Gasteiger partial charge in [-0.2, -0.15) is 0 Å². The summed E-state index contributed by atoms with van der Waals surface area (Å²) in [7, 11) is 0. The van der Waals surface area contributed by atoms with Gasteiger partial charge < -0.3 is 0 Å². The van der Waals surface area contributed by atoms with Gasteiger partial charge in [0.25, 0.3) is 0 Å². The second kappa shape index (κ2) is 6.12. The summed E-state index contributed by atoms with van der Waals surface area (Å²) in [5, 5.41) is 4.22. The van der Waals surface area contributed by atoms with E-state index in [1.807, 2.05) is 72.8 Å². The molecule has 3 rings (SSSR count). The lowest BCUT2D eigenvalue weighted by Crippen LogP contribution is -2.26. The summed E-state index contributed by atoms with van der Waals surface area (Å²) in [5.74, 6) is 0. The maximum atomic E-state index is 9.23. The van der Waals surface area contributed by atoms with Crippen LogP contribution < -0.4 is 0 Å². The molecule has 0 atom stereocenters. The largest absolute Gasteiger partial charge is 0.265 e. The molecule has 0 unspecified atom stereocenters. The molecule has 0 radical (unpaired) electrons. The van der Waals surface area contributed by atoms with Crippen molar-refractivity contribution in [2.24, 2.45) is 5.11 Å². The number of rotatable bonds is 4. The highest BCUT2D eigenvalue weighted by molar-refractivity contribution is 5.49. The molecule has 0 N–H and O–H groups in total. The van der Waals surface area contributed by atoms with Crippen LogP contribution in [0.3, 0.4) is 0 Å². The number of hydrogen-bond donors (Lipinski definition) is 0. The van der Waals surface area contributed by atoms with Gasteiger partial charge in [-0.1, -0.05) is 65.8 Å². The van der Waals surface area contributed by atoms with Crippen LogP contribution in [0, 0.1) is 0 Å². The Morgan fingerprint density at radius 3 is 1.64 bits per heavy atom. The van der Waals surface area contributed by atoms with Gasteiger partial charge in [-0.15, -0.1) is 0 Å². The predicted molar refractivity (Wildman–Crippen MR) is 86.1 cm³/mol. The first-order chi connectivity index (χ1) is 10.9. The summed E-state index contributed by atoms with van der Waals surface area (Å²) >= 11 is 0. The SMILES string of the molecule is [N-]=[N+]=NC(c1ccccc1)(c1ccccc1)c1ccncc1. The van der Waals surface area contributed by atoms with Gasteiger partial charge in [0.1, 0.15) is 5.54 Å². The number of nitrogens with zero attached hydrogens (tertiary/aromatic N) is 4. The summed E-state index contributed by atoms with van der Waals surface area (Å²) < 4.78 is 0. The minimum atomic E-state index is -0.903. The lowest BCUT2D eigenvalue weighted by atomic mass is 9.78. The van der Waals surface area contributed by atoms with E-state index >= 15 is 0 Å². The van der Waals surface area contributed by atoms with Crippen molar-refractivity contribution in [3.63, 3.8) is 0 Å². The molecule has 1 heterocycles. The summed E-state index contributed by atoms with van der Waals surface area (Å²) in [4.78, 5) is 7.21. The Hall–Kier alpha value is -3.10. The van der Waals surface area contributed by atoms with Crippen LogP contribution in [0.2, 0.25) is 0 Å². The Labute approximate surface area is 128 Å². The van der Waals surface area contributed by atoms with Crippen molar-refractivity contribution in [3.05, 3.63) is 112 Å². The summed E-state index contributed by atoms with van der Waals surface area (Å²) in [6, 6.07) is 23.3. The van der Waals surface area contributed by atoms with Gasteiger partial charge in [-0.25, -0.2) is 0 Å². The van der Waals surface area contributed by atoms with Crippen molar-refractivity contribution in [3.8, 4) is 0 Å². The van der Waals surface area contributed by atoms with E-state index in [1.165, 1.54) is 0 Å². The zero-order valence-corrected chi connectivity index (χ0v) is 11.9. The van der Waals surface area contributed by atoms with Crippen LogP contribution in [-0.2, 0) is 5.54 Å². The monoisotopic (exact) mass is 286 g/mol. The average Bonchev–Trinajstić information content (AvgIpc) is 2.62. The van der Waals surface area contributed by atoms with Gasteiger partial charge in [0.2, 0.25) is 0 Å². The molecule has 0 aliphatic heterocycles. The highest BCUT2D eigenvalue weighted by Crippen LogP contribution is 2.40. The summed E-state index contributed by atoms with van der Waals surface area (Å²) in [5.41, 5.74) is 11.1. The van der Waals surface area contributed by atoms with Crippen LogP contribution >= 0.6 is 0 Å². The zero-order valence-electron chi connectivity index (χ0n) is 11.9. The second-order valence-corrected chi connectivity index (χ2v) is 4.87. The van der Waals surface area contributed by atoms with E-state index in [9.17, 15) is 5.53 Å². The maximum absolute atomic E-state index is 9.23. The first-order valence-corrected chi connectivity index (χ1v) is 6.96. The lowest BCUT2D eigenvalue weighted by Gasteiger charge is -2.30. The third-order valence-electron chi connectivity index (χ3n) is 3.68. The van der Waals surface area contributed by atoms with Crippen molar-refractivity contribution in [1.82, 2.24) is 4.98 Å². The molecular formula is C18H14N4. The Kier molecular flexibility index (Phi) is 3.86. The Morgan fingerprint density at radius 1 is 0.727 bits per heavy atom. The smallest absolute Gasteiger partial charge is 0.124 e. The van der Waals surface area contributed by atoms with Crippen molar-refractivity contribution in [1.29, 1.82) is 0 Å². The molecule has 106 valence electrons. The Bertz CT molecular complexity index is 682. The molecule has 0 aliphatic carbocycles. The quantitative estimate of drug-likeness (QED) is 0.390. The van der Waals surface area contributed by atoms with Crippen LogP contribution in [0.15, 0.2) is 90.3 Å². The molecule has 0 saturated carbocycles. The van der Waals surface area contributed by atoms with E-state index in [-0.39, 0.29) is 0 Å². The van der Waals surface area contributed by atoms with Crippen LogP contribution in [0.4, 0.5) is 0 Å². The third kappa shape index (κ3) is 2.32. The number of benzene rings is 2. The Morgan fingerprint density at radius 2 is 1.18 bits per heavy atom. The molecule has 0 aliphatic rings. The summed E-state index contributed by atoms with van der Waals surface area (Å²) in [6.45, 7) is 0. The molecule has 4 heteroatoms. The molecule has 22 heavy (non-hydrogen) atoms. The fourth-order valence-electron chi connectivity index (χ4n) is 2.69. The molecule has 0 amide bonds. The van der Waals surface area contributed by atoms with Gasteiger partial charge in [0, 0.05) is 17.3 Å². The fourth-order valence-corrected chi connectivity index (χ4v) is 2.69. The average molecular weight is 286 g/mol. The number of hydrogen-bond acceptors (Lipinski definition) is 2. The molecule has 3 aromatic rings. The standard InChI is InChI=1S/C18H14N4/c19-22-21-18(15-7-3-1-4-8-15,16-9-5-2-6-10-16)17-11-13-20-14-12-17/h1-14H.